The van der Waals surface area contributed by atoms with Crippen molar-refractivity contribution in [2.24, 2.45) is 0 Å². The maximum atomic E-state index is 2.47. The Bertz CT molecular complexity index is 3220. The van der Waals surface area contributed by atoms with Crippen LogP contribution in [0.1, 0.15) is 44.5 Å². The van der Waals surface area contributed by atoms with Gasteiger partial charge in [0, 0.05) is 16.5 Å². The molecule has 0 bridgehead atoms. The molecule has 0 unspecified atom stereocenters. The van der Waals surface area contributed by atoms with Crippen LogP contribution in [0.15, 0.2) is 212 Å². The van der Waals surface area contributed by atoms with Crippen LogP contribution in [-0.4, -0.2) is 4.57 Å². The molecule has 0 amide bonds. The highest BCUT2D eigenvalue weighted by molar-refractivity contribution is 6.11. The number of nitrogens with zero attached hydrogens (tertiary/aromatic N) is 1. The van der Waals surface area contributed by atoms with Crippen LogP contribution in [0.3, 0.4) is 0 Å². The maximum absolute atomic E-state index is 2.47. The van der Waals surface area contributed by atoms with E-state index in [1.165, 1.54) is 105 Å². The van der Waals surface area contributed by atoms with Crippen molar-refractivity contribution in [2.75, 3.05) is 0 Å². The lowest BCUT2D eigenvalue weighted by Crippen LogP contribution is -2.44. The average molecular weight is 722 g/mol. The van der Waals surface area contributed by atoms with Gasteiger partial charge in [-0.25, -0.2) is 0 Å². The summed E-state index contributed by atoms with van der Waals surface area (Å²) in [6.45, 7) is 0. The molecule has 3 aliphatic rings. The second-order valence-electron chi connectivity index (χ2n) is 15.9. The predicted octanol–water partition coefficient (Wildman–Crippen LogP) is 13.5. The molecular weight excluding hydrogens is 687 g/mol. The van der Waals surface area contributed by atoms with Gasteiger partial charge in [-0.2, -0.15) is 0 Å². The average Bonchev–Trinajstić information content (AvgIpc) is 3.89. The van der Waals surface area contributed by atoms with E-state index in [0.717, 1.165) is 0 Å². The van der Waals surface area contributed by atoms with E-state index in [2.05, 4.69) is 217 Å². The summed E-state index contributed by atoms with van der Waals surface area (Å²) in [4.78, 5) is 0. The molecule has 264 valence electrons. The Balaban J connectivity index is 1.22. The van der Waals surface area contributed by atoms with E-state index in [4.69, 9.17) is 0 Å². The Morgan fingerprint density at radius 3 is 1.33 bits per heavy atom. The monoisotopic (exact) mass is 721 g/mol. The lowest BCUT2D eigenvalue weighted by molar-refractivity contribution is 0.634. The van der Waals surface area contributed by atoms with Crippen LogP contribution in [-0.2, 0) is 10.8 Å². The predicted molar refractivity (Wildman–Crippen MR) is 234 cm³/mol. The molecule has 0 saturated carbocycles. The first kappa shape index (κ1) is 31.0. The smallest absolute Gasteiger partial charge is 0.0725 e. The second-order valence-corrected chi connectivity index (χ2v) is 15.9. The minimum atomic E-state index is -0.555. The molecule has 1 nitrogen and oxygen atoms in total. The number of aromatic nitrogens is 1. The highest BCUT2D eigenvalue weighted by Gasteiger charge is 2.59. The van der Waals surface area contributed by atoms with Gasteiger partial charge in [0.25, 0.3) is 0 Å². The number of para-hydroxylation sites is 2. The van der Waals surface area contributed by atoms with Crippen molar-refractivity contribution in [3.05, 3.63) is 257 Å². The fraction of sp³-hybridized carbons (Fsp3) is 0.0357. The summed E-state index contributed by atoms with van der Waals surface area (Å²) in [5.41, 5.74) is 21.1. The summed E-state index contributed by atoms with van der Waals surface area (Å²) in [5.74, 6) is 0. The minimum Gasteiger partial charge on any atom is -0.309 e. The van der Waals surface area contributed by atoms with Gasteiger partial charge in [-0.15, -0.1) is 0 Å². The number of fused-ring (bicyclic) bond motifs is 19. The number of hydrogen-bond donors (Lipinski definition) is 0. The van der Waals surface area contributed by atoms with E-state index in [9.17, 15) is 0 Å². The molecule has 0 fully saturated rings. The third-order valence-corrected chi connectivity index (χ3v) is 13.5. The Kier molecular flexibility index (Phi) is 6.09. The molecule has 10 aromatic rings. The van der Waals surface area contributed by atoms with Crippen LogP contribution in [0.2, 0.25) is 0 Å². The molecule has 0 radical (unpaired) electrons. The molecular formula is C56H35N. The van der Waals surface area contributed by atoms with Crippen molar-refractivity contribution in [1.29, 1.82) is 0 Å². The van der Waals surface area contributed by atoms with Crippen molar-refractivity contribution >= 4 is 21.8 Å². The number of rotatable bonds is 2. The van der Waals surface area contributed by atoms with Crippen molar-refractivity contribution in [2.45, 2.75) is 10.8 Å². The van der Waals surface area contributed by atoms with E-state index in [1.807, 2.05) is 0 Å². The zero-order chi connectivity index (χ0) is 37.3. The molecule has 1 heteroatoms. The summed E-state index contributed by atoms with van der Waals surface area (Å²) < 4.78 is 2.41. The highest BCUT2D eigenvalue weighted by atomic mass is 15.0. The lowest BCUT2D eigenvalue weighted by atomic mass is 9.51. The molecule has 57 heavy (non-hydrogen) atoms. The standard InChI is InChI=1S/C56H35N/c1-2-17-37(18-3-1)57-52-32-15-8-23-43(52)44-35-36(33-34-53(44)57)38-24-16-31-51-54(38)56(47-27-11-6-21-41(47)42-22-7-12-28-48(42)56)50-30-14-13-29-49(50)55(51)45-25-9-4-19-39(45)40-20-5-10-26-46(40)55/h1-35H. The van der Waals surface area contributed by atoms with Gasteiger partial charge in [0.15, 0.2) is 0 Å². The molecule has 13 rings (SSSR count). The molecule has 1 heterocycles. The van der Waals surface area contributed by atoms with Crippen LogP contribution in [0.4, 0.5) is 0 Å². The van der Waals surface area contributed by atoms with Crippen LogP contribution in [0.5, 0.6) is 0 Å². The zero-order valence-electron chi connectivity index (χ0n) is 31.2. The van der Waals surface area contributed by atoms with E-state index in [0.29, 0.717) is 0 Å². The zero-order valence-corrected chi connectivity index (χ0v) is 31.2. The summed E-state index contributed by atoms with van der Waals surface area (Å²) in [6.07, 6.45) is 0. The van der Waals surface area contributed by atoms with Gasteiger partial charge >= 0.3 is 0 Å². The molecule has 1 aromatic heterocycles. The number of benzene rings is 9. The van der Waals surface area contributed by atoms with E-state index in [-0.39, 0.29) is 0 Å². The normalized spacial score (nSPS) is 14.6. The van der Waals surface area contributed by atoms with Gasteiger partial charge in [0.2, 0.25) is 0 Å². The van der Waals surface area contributed by atoms with Gasteiger partial charge in [-0.3, -0.25) is 0 Å². The Morgan fingerprint density at radius 1 is 0.281 bits per heavy atom. The fourth-order valence-electron chi connectivity index (χ4n) is 11.5. The van der Waals surface area contributed by atoms with Gasteiger partial charge in [0.05, 0.1) is 21.9 Å². The fourth-order valence-corrected chi connectivity index (χ4v) is 11.5. The van der Waals surface area contributed by atoms with Gasteiger partial charge in [-0.1, -0.05) is 182 Å². The summed E-state index contributed by atoms with van der Waals surface area (Å²) in [6, 6.07) is 80.1. The van der Waals surface area contributed by atoms with Crippen molar-refractivity contribution in [3.8, 4) is 39.1 Å². The molecule has 9 aromatic carbocycles. The Labute approximate surface area is 331 Å². The summed E-state index contributed by atoms with van der Waals surface area (Å²) in [7, 11) is 0. The van der Waals surface area contributed by atoms with Crippen LogP contribution < -0.4 is 0 Å². The minimum absolute atomic E-state index is 0.514. The first-order valence-electron chi connectivity index (χ1n) is 20.0. The molecule has 3 aliphatic carbocycles. The largest absolute Gasteiger partial charge is 0.309 e. The molecule has 0 N–H and O–H groups in total. The van der Waals surface area contributed by atoms with Crippen LogP contribution in [0, 0.1) is 0 Å². The van der Waals surface area contributed by atoms with E-state index >= 15 is 0 Å². The second kappa shape index (κ2) is 11.2. The molecule has 0 saturated heterocycles. The van der Waals surface area contributed by atoms with E-state index in [1.54, 1.807) is 0 Å². The summed E-state index contributed by atoms with van der Waals surface area (Å²) in [5, 5.41) is 2.52. The summed E-state index contributed by atoms with van der Waals surface area (Å²) >= 11 is 0. The van der Waals surface area contributed by atoms with Gasteiger partial charge in [-0.05, 0) is 108 Å². The van der Waals surface area contributed by atoms with Gasteiger partial charge in [0.1, 0.15) is 0 Å². The Hall–Kier alpha value is -7.22. The van der Waals surface area contributed by atoms with Crippen molar-refractivity contribution in [3.63, 3.8) is 0 Å². The molecule has 0 aliphatic heterocycles. The van der Waals surface area contributed by atoms with Crippen molar-refractivity contribution in [1.82, 2.24) is 4.57 Å². The quantitative estimate of drug-likeness (QED) is 0.167. The third kappa shape index (κ3) is 3.70. The maximum Gasteiger partial charge on any atom is 0.0725 e. The third-order valence-electron chi connectivity index (χ3n) is 13.5. The first-order valence-corrected chi connectivity index (χ1v) is 20.0. The highest BCUT2D eigenvalue weighted by Crippen LogP contribution is 2.68. The Morgan fingerprint density at radius 2 is 0.719 bits per heavy atom. The number of hydrogen-bond acceptors (Lipinski definition) is 0. The van der Waals surface area contributed by atoms with Crippen LogP contribution in [0.25, 0.3) is 60.9 Å². The SMILES string of the molecule is c1ccc(-n2c3ccccc3c3cc(-c4cccc5c4C4(c6ccccc6-c6ccccc64)c4ccccc4C54c5ccccc5-c5ccccc54)ccc32)cc1. The van der Waals surface area contributed by atoms with E-state index < -0.39 is 10.8 Å². The first-order chi connectivity index (χ1) is 28.3. The van der Waals surface area contributed by atoms with Crippen molar-refractivity contribution < 1.29 is 0 Å². The lowest BCUT2D eigenvalue weighted by Gasteiger charge is -2.49. The molecule has 0 atom stereocenters. The topological polar surface area (TPSA) is 4.93 Å². The molecule has 2 spiro atoms. The van der Waals surface area contributed by atoms with Crippen LogP contribution >= 0.6 is 0 Å². The van der Waals surface area contributed by atoms with Gasteiger partial charge < -0.3 is 4.57 Å².